The van der Waals surface area contributed by atoms with Crippen molar-refractivity contribution >= 4 is 0 Å². The van der Waals surface area contributed by atoms with E-state index in [2.05, 4.69) is 49.5 Å². The molecule has 0 aliphatic carbocycles. The van der Waals surface area contributed by atoms with Gasteiger partial charge in [-0.25, -0.2) is 0 Å². The van der Waals surface area contributed by atoms with Crippen LogP contribution >= 0.6 is 0 Å². The summed E-state index contributed by atoms with van der Waals surface area (Å²) in [4.78, 5) is 0. The average molecular weight is 269 g/mol. The van der Waals surface area contributed by atoms with E-state index in [0.717, 1.165) is 19.4 Å². The van der Waals surface area contributed by atoms with Crippen LogP contribution < -0.4 is 5.32 Å². The number of likely N-dealkylation sites (N-methyl/N-ethyl adjacent to an activating group) is 1. The molecular weight excluding hydrogens is 246 g/mol. The lowest BCUT2D eigenvalue weighted by Gasteiger charge is -2.18. The zero-order chi connectivity index (χ0) is 14.4. The van der Waals surface area contributed by atoms with Crippen molar-refractivity contribution in [2.45, 2.75) is 32.7 Å². The van der Waals surface area contributed by atoms with Crippen LogP contribution in [-0.2, 0) is 12.8 Å². The van der Waals surface area contributed by atoms with Gasteiger partial charge in [0.05, 0.1) is 0 Å². The molecule has 0 heterocycles. The van der Waals surface area contributed by atoms with E-state index >= 15 is 0 Å². The Kier molecular flexibility index (Phi) is 5.19. The fourth-order valence-electron chi connectivity index (χ4n) is 2.48. The Morgan fingerprint density at radius 3 is 2.35 bits per heavy atom. The first kappa shape index (κ1) is 14.6. The lowest BCUT2D eigenvalue weighted by Crippen LogP contribution is -2.33. The van der Waals surface area contributed by atoms with Crippen molar-refractivity contribution in [3.8, 4) is 5.75 Å². The number of aryl methyl sites for hydroxylation is 1. The molecule has 0 amide bonds. The molecule has 2 N–H and O–H groups in total. The number of nitrogens with one attached hydrogen (secondary N) is 1. The Bertz CT molecular complexity index is 533. The van der Waals surface area contributed by atoms with Crippen molar-refractivity contribution in [2.24, 2.45) is 0 Å². The zero-order valence-corrected chi connectivity index (χ0v) is 12.3. The van der Waals surface area contributed by atoms with Crippen LogP contribution in [0.1, 0.15) is 23.6 Å². The molecule has 2 nitrogen and oxygen atoms in total. The molecular formula is C18H23NO. The van der Waals surface area contributed by atoms with Crippen LogP contribution in [0.3, 0.4) is 0 Å². The molecule has 20 heavy (non-hydrogen) atoms. The van der Waals surface area contributed by atoms with Crippen LogP contribution in [0.15, 0.2) is 48.5 Å². The van der Waals surface area contributed by atoms with Crippen molar-refractivity contribution in [3.63, 3.8) is 0 Å². The summed E-state index contributed by atoms with van der Waals surface area (Å²) in [6.45, 7) is 5.19. The normalized spacial score (nSPS) is 12.3. The largest absolute Gasteiger partial charge is 0.508 e. The summed E-state index contributed by atoms with van der Waals surface area (Å²) in [5.41, 5.74) is 3.81. The highest BCUT2D eigenvalue weighted by Gasteiger charge is 2.10. The summed E-state index contributed by atoms with van der Waals surface area (Å²) in [7, 11) is 0. The first-order chi connectivity index (χ1) is 9.67. The van der Waals surface area contributed by atoms with Gasteiger partial charge in [0, 0.05) is 6.04 Å². The second-order valence-corrected chi connectivity index (χ2v) is 5.32. The average Bonchev–Trinajstić information content (AvgIpc) is 2.42. The van der Waals surface area contributed by atoms with E-state index in [0.29, 0.717) is 11.8 Å². The molecule has 0 bridgehead atoms. The van der Waals surface area contributed by atoms with Gasteiger partial charge in [-0.3, -0.25) is 0 Å². The molecule has 2 aromatic rings. The first-order valence-electron chi connectivity index (χ1n) is 7.24. The number of phenols is 1. The van der Waals surface area contributed by atoms with Gasteiger partial charge in [-0.05, 0) is 49.6 Å². The van der Waals surface area contributed by atoms with E-state index < -0.39 is 0 Å². The van der Waals surface area contributed by atoms with Gasteiger partial charge in [0.1, 0.15) is 5.75 Å². The van der Waals surface area contributed by atoms with Crippen molar-refractivity contribution in [1.82, 2.24) is 5.32 Å². The number of aromatic hydroxyl groups is 1. The third-order valence-corrected chi connectivity index (χ3v) is 3.49. The molecule has 1 atom stereocenters. The van der Waals surface area contributed by atoms with Gasteiger partial charge in [0.15, 0.2) is 0 Å². The standard InChI is InChI=1S/C18H23NO/c1-3-19-17(11-15-9-7-14(2)8-10-15)12-16-5-4-6-18(20)13-16/h4-10,13,17,19-20H,3,11-12H2,1-2H3. The van der Waals surface area contributed by atoms with E-state index in [1.165, 1.54) is 16.7 Å². The maximum Gasteiger partial charge on any atom is 0.115 e. The number of hydrogen-bond donors (Lipinski definition) is 2. The fourth-order valence-corrected chi connectivity index (χ4v) is 2.48. The molecule has 0 fully saturated rings. The zero-order valence-electron chi connectivity index (χ0n) is 12.3. The number of hydrogen-bond acceptors (Lipinski definition) is 2. The third kappa shape index (κ3) is 4.39. The first-order valence-corrected chi connectivity index (χ1v) is 7.24. The molecule has 0 spiro atoms. The summed E-state index contributed by atoms with van der Waals surface area (Å²) >= 11 is 0. The molecule has 2 heteroatoms. The lowest BCUT2D eigenvalue weighted by atomic mass is 9.98. The Labute approximate surface area is 121 Å². The van der Waals surface area contributed by atoms with Crippen molar-refractivity contribution in [2.75, 3.05) is 6.54 Å². The monoisotopic (exact) mass is 269 g/mol. The molecule has 0 saturated heterocycles. The Hall–Kier alpha value is -1.80. The predicted octanol–water partition coefficient (Wildman–Crippen LogP) is 3.46. The van der Waals surface area contributed by atoms with E-state index in [1.54, 1.807) is 6.07 Å². The highest BCUT2D eigenvalue weighted by molar-refractivity contribution is 5.28. The molecule has 0 saturated carbocycles. The number of benzene rings is 2. The van der Waals surface area contributed by atoms with Gasteiger partial charge in [-0.15, -0.1) is 0 Å². The second-order valence-electron chi connectivity index (χ2n) is 5.32. The fraction of sp³-hybridized carbons (Fsp3) is 0.333. The van der Waals surface area contributed by atoms with Crippen LogP contribution in [-0.4, -0.2) is 17.7 Å². The Balaban J connectivity index is 2.05. The minimum Gasteiger partial charge on any atom is -0.508 e. The van der Waals surface area contributed by atoms with Gasteiger partial charge in [-0.2, -0.15) is 0 Å². The third-order valence-electron chi connectivity index (χ3n) is 3.49. The van der Waals surface area contributed by atoms with E-state index in [9.17, 15) is 5.11 Å². The molecule has 106 valence electrons. The minimum atomic E-state index is 0.341. The maximum absolute atomic E-state index is 9.56. The summed E-state index contributed by atoms with van der Waals surface area (Å²) < 4.78 is 0. The van der Waals surface area contributed by atoms with Crippen molar-refractivity contribution in [1.29, 1.82) is 0 Å². The molecule has 1 unspecified atom stereocenters. The smallest absolute Gasteiger partial charge is 0.115 e. The van der Waals surface area contributed by atoms with Crippen LogP contribution in [0.4, 0.5) is 0 Å². The van der Waals surface area contributed by atoms with Gasteiger partial charge in [0.2, 0.25) is 0 Å². The van der Waals surface area contributed by atoms with Gasteiger partial charge in [-0.1, -0.05) is 48.9 Å². The quantitative estimate of drug-likeness (QED) is 0.841. The summed E-state index contributed by atoms with van der Waals surface area (Å²) in [5, 5.41) is 13.1. The van der Waals surface area contributed by atoms with Crippen LogP contribution in [0.2, 0.25) is 0 Å². The van der Waals surface area contributed by atoms with Gasteiger partial charge < -0.3 is 10.4 Å². The van der Waals surface area contributed by atoms with E-state index in [-0.39, 0.29) is 0 Å². The predicted molar refractivity (Wildman–Crippen MR) is 84.2 cm³/mol. The second kappa shape index (κ2) is 7.11. The lowest BCUT2D eigenvalue weighted by molar-refractivity contribution is 0.472. The summed E-state index contributed by atoms with van der Waals surface area (Å²) in [5.74, 6) is 0.341. The molecule has 2 aromatic carbocycles. The maximum atomic E-state index is 9.56. The molecule has 0 aliphatic rings. The highest BCUT2D eigenvalue weighted by Crippen LogP contribution is 2.15. The van der Waals surface area contributed by atoms with E-state index in [4.69, 9.17) is 0 Å². The topological polar surface area (TPSA) is 32.3 Å². The highest BCUT2D eigenvalue weighted by atomic mass is 16.3. The van der Waals surface area contributed by atoms with Crippen LogP contribution in [0.5, 0.6) is 5.75 Å². The Morgan fingerprint density at radius 2 is 1.70 bits per heavy atom. The van der Waals surface area contributed by atoms with E-state index in [1.807, 2.05) is 12.1 Å². The summed E-state index contributed by atoms with van der Waals surface area (Å²) in [6.07, 6.45) is 1.93. The van der Waals surface area contributed by atoms with Crippen LogP contribution in [0.25, 0.3) is 0 Å². The van der Waals surface area contributed by atoms with Crippen LogP contribution in [0, 0.1) is 6.92 Å². The van der Waals surface area contributed by atoms with Crippen molar-refractivity contribution < 1.29 is 5.11 Å². The molecule has 0 aromatic heterocycles. The molecule has 0 radical (unpaired) electrons. The minimum absolute atomic E-state index is 0.341. The molecule has 0 aliphatic heterocycles. The SMILES string of the molecule is CCNC(Cc1ccc(C)cc1)Cc1cccc(O)c1. The van der Waals surface area contributed by atoms with Gasteiger partial charge in [0.25, 0.3) is 0 Å². The number of phenolic OH excluding ortho intramolecular Hbond substituents is 1. The summed E-state index contributed by atoms with van der Waals surface area (Å²) in [6, 6.07) is 16.6. The van der Waals surface area contributed by atoms with Gasteiger partial charge >= 0.3 is 0 Å². The molecule has 2 rings (SSSR count). The Morgan fingerprint density at radius 1 is 1.00 bits per heavy atom. The number of rotatable bonds is 6. The van der Waals surface area contributed by atoms with Crippen molar-refractivity contribution in [3.05, 3.63) is 65.2 Å².